The summed E-state index contributed by atoms with van der Waals surface area (Å²) in [4.78, 5) is 12.0. The van der Waals surface area contributed by atoms with Crippen molar-refractivity contribution in [3.8, 4) is 0 Å². The van der Waals surface area contributed by atoms with Crippen LogP contribution in [0, 0.1) is 18.6 Å². The van der Waals surface area contributed by atoms with E-state index in [-0.39, 0.29) is 5.56 Å². The second-order valence-electron chi connectivity index (χ2n) is 5.47. The number of amides is 1. The quantitative estimate of drug-likeness (QED) is 0.793. The molecule has 0 radical (unpaired) electrons. The lowest BCUT2D eigenvalue weighted by atomic mass is 10.1. The average Bonchev–Trinajstić information content (AvgIpc) is 2.99. The van der Waals surface area contributed by atoms with E-state index in [4.69, 9.17) is 0 Å². The molecule has 0 atom stereocenters. The minimum Gasteiger partial charge on any atom is -0.305 e. The van der Waals surface area contributed by atoms with Crippen LogP contribution < -0.4 is 5.32 Å². The largest absolute Gasteiger partial charge is 0.305 e. The molecule has 6 heteroatoms. The first-order chi connectivity index (χ1) is 11.5. The van der Waals surface area contributed by atoms with Crippen LogP contribution >= 0.6 is 0 Å². The molecule has 4 nitrogen and oxygen atoms in total. The standard InChI is InChI=1S/C18H15F2N3O/c1-12-2-4-13(5-3-12)11-23-9-8-17(22-23)21-18(24)14-6-7-15(19)16(20)10-14/h2-10H,11H2,1H3,(H,21,22,24). The number of nitrogens with one attached hydrogen (secondary N) is 1. The summed E-state index contributed by atoms with van der Waals surface area (Å²) in [5.41, 5.74) is 2.29. The molecule has 1 amide bonds. The number of hydrogen-bond acceptors (Lipinski definition) is 2. The summed E-state index contributed by atoms with van der Waals surface area (Å²) in [6, 6.07) is 12.7. The lowest BCUT2D eigenvalue weighted by Gasteiger charge is -2.04. The summed E-state index contributed by atoms with van der Waals surface area (Å²) in [6.07, 6.45) is 1.74. The molecule has 0 aliphatic rings. The van der Waals surface area contributed by atoms with Crippen LogP contribution in [0.15, 0.2) is 54.7 Å². The summed E-state index contributed by atoms with van der Waals surface area (Å²) >= 11 is 0. The zero-order chi connectivity index (χ0) is 17.1. The molecule has 122 valence electrons. The molecule has 0 spiro atoms. The van der Waals surface area contributed by atoms with E-state index in [1.165, 1.54) is 11.6 Å². The van der Waals surface area contributed by atoms with Crippen LogP contribution in [-0.4, -0.2) is 15.7 Å². The second kappa shape index (κ2) is 6.62. The van der Waals surface area contributed by atoms with E-state index in [2.05, 4.69) is 10.4 Å². The van der Waals surface area contributed by atoms with Gasteiger partial charge in [0.15, 0.2) is 17.5 Å². The molecule has 0 aliphatic carbocycles. The zero-order valence-electron chi connectivity index (χ0n) is 13.0. The van der Waals surface area contributed by atoms with Crippen LogP contribution in [-0.2, 0) is 6.54 Å². The molecule has 0 bridgehead atoms. The zero-order valence-corrected chi connectivity index (χ0v) is 13.0. The van der Waals surface area contributed by atoms with Gasteiger partial charge in [0.05, 0.1) is 6.54 Å². The molecule has 2 aromatic carbocycles. The Balaban J connectivity index is 1.68. The van der Waals surface area contributed by atoms with Crippen molar-refractivity contribution in [3.05, 3.63) is 83.1 Å². The van der Waals surface area contributed by atoms with Crippen LogP contribution in [0.3, 0.4) is 0 Å². The minimum absolute atomic E-state index is 0.0296. The smallest absolute Gasteiger partial charge is 0.256 e. The van der Waals surface area contributed by atoms with Crippen molar-refractivity contribution in [1.29, 1.82) is 0 Å². The number of anilines is 1. The number of carbonyl (C=O) groups excluding carboxylic acids is 1. The lowest BCUT2D eigenvalue weighted by Crippen LogP contribution is -2.13. The van der Waals surface area contributed by atoms with Crippen LogP contribution in [0.2, 0.25) is 0 Å². The molecule has 1 N–H and O–H groups in total. The molecule has 1 aromatic heterocycles. The SMILES string of the molecule is Cc1ccc(Cn2ccc(NC(=O)c3ccc(F)c(F)c3)n2)cc1. The maximum absolute atomic E-state index is 13.2. The Labute approximate surface area is 137 Å². The van der Waals surface area contributed by atoms with Crippen LogP contribution in [0.5, 0.6) is 0 Å². The van der Waals surface area contributed by atoms with Gasteiger partial charge < -0.3 is 5.32 Å². The van der Waals surface area contributed by atoms with Gasteiger partial charge in [-0.1, -0.05) is 29.8 Å². The fraction of sp³-hybridized carbons (Fsp3) is 0.111. The van der Waals surface area contributed by atoms with Crippen molar-refractivity contribution in [2.24, 2.45) is 0 Å². The molecular weight excluding hydrogens is 312 g/mol. The van der Waals surface area contributed by atoms with Gasteiger partial charge in [0.25, 0.3) is 5.91 Å². The fourth-order valence-corrected chi connectivity index (χ4v) is 2.22. The van der Waals surface area contributed by atoms with Crippen molar-refractivity contribution in [1.82, 2.24) is 9.78 Å². The Morgan fingerprint density at radius 3 is 2.54 bits per heavy atom. The Bertz CT molecular complexity index is 872. The van der Waals surface area contributed by atoms with Crippen molar-refractivity contribution in [3.63, 3.8) is 0 Å². The van der Waals surface area contributed by atoms with Gasteiger partial charge >= 0.3 is 0 Å². The van der Waals surface area contributed by atoms with Gasteiger partial charge in [-0.05, 0) is 30.7 Å². The van der Waals surface area contributed by atoms with Crippen molar-refractivity contribution < 1.29 is 13.6 Å². The first-order valence-electron chi connectivity index (χ1n) is 7.37. The van der Waals surface area contributed by atoms with Crippen LogP contribution in [0.4, 0.5) is 14.6 Å². The highest BCUT2D eigenvalue weighted by Gasteiger charge is 2.11. The first-order valence-corrected chi connectivity index (χ1v) is 7.37. The van der Waals surface area contributed by atoms with Gasteiger partial charge in [-0.2, -0.15) is 5.10 Å². The third kappa shape index (κ3) is 3.65. The van der Waals surface area contributed by atoms with E-state index in [0.29, 0.717) is 12.4 Å². The van der Waals surface area contributed by atoms with Gasteiger partial charge in [0, 0.05) is 17.8 Å². The molecule has 0 saturated heterocycles. The van der Waals surface area contributed by atoms with E-state index >= 15 is 0 Å². The number of halogens is 2. The summed E-state index contributed by atoms with van der Waals surface area (Å²) in [6.45, 7) is 2.59. The van der Waals surface area contributed by atoms with Gasteiger partial charge in [0.1, 0.15) is 0 Å². The number of benzene rings is 2. The molecule has 0 unspecified atom stereocenters. The topological polar surface area (TPSA) is 46.9 Å². The van der Waals surface area contributed by atoms with Crippen LogP contribution in [0.1, 0.15) is 21.5 Å². The average molecular weight is 327 g/mol. The van der Waals surface area contributed by atoms with Crippen molar-refractivity contribution in [2.75, 3.05) is 5.32 Å². The second-order valence-corrected chi connectivity index (χ2v) is 5.47. The van der Waals surface area contributed by atoms with E-state index in [9.17, 15) is 13.6 Å². The molecule has 0 saturated carbocycles. The van der Waals surface area contributed by atoms with E-state index in [1.807, 2.05) is 31.2 Å². The van der Waals surface area contributed by atoms with Crippen molar-refractivity contribution in [2.45, 2.75) is 13.5 Å². The predicted octanol–water partition coefficient (Wildman–Crippen LogP) is 3.77. The molecule has 0 fully saturated rings. The number of hydrogen-bond donors (Lipinski definition) is 1. The number of nitrogens with zero attached hydrogens (tertiary/aromatic N) is 2. The maximum atomic E-state index is 13.2. The third-order valence-electron chi connectivity index (χ3n) is 3.53. The summed E-state index contributed by atoms with van der Waals surface area (Å²) in [5.74, 6) is -2.26. The van der Waals surface area contributed by atoms with Gasteiger partial charge in [-0.25, -0.2) is 8.78 Å². The fourth-order valence-electron chi connectivity index (χ4n) is 2.22. The van der Waals surface area contributed by atoms with E-state index < -0.39 is 17.5 Å². The molecular formula is C18H15F2N3O. The highest BCUT2D eigenvalue weighted by molar-refractivity contribution is 6.03. The molecule has 1 heterocycles. The molecule has 3 aromatic rings. The highest BCUT2D eigenvalue weighted by atomic mass is 19.2. The Morgan fingerprint density at radius 2 is 1.83 bits per heavy atom. The van der Waals surface area contributed by atoms with Crippen molar-refractivity contribution >= 4 is 11.7 Å². The Morgan fingerprint density at radius 1 is 1.08 bits per heavy atom. The monoisotopic (exact) mass is 327 g/mol. The van der Waals surface area contributed by atoms with Crippen LogP contribution in [0.25, 0.3) is 0 Å². The highest BCUT2D eigenvalue weighted by Crippen LogP contribution is 2.12. The van der Waals surface area contributed by atoms with E-state index in [1.54, 1.807) is 16.9 Å². The summed E-state index contributed by atoms with van der Waals surface area (Å²) in [7, 11) is 0. The first kappa shape index (κ1) is 15.9. The van der Waals surface area contributed by atoms with Gasteiger partial charge in [-0.3, -0.25) is 9.48 Å². The van der Waals surface area contributed by atoms with E-state index in [0.717, 1.165) is 17.7 Å². The normalized spacial score (nSPS) is 10.6. The lowest BCUT2D eigenvalue weighted by molar-refractivity contribution is 0.102. The number of aryl methyl sites for hydroxylation is 1. The maximum Gasteiger partial charge on any atom is 0.256 e. The van der Waals surface area contributed by atoms with Gasteiger partial charge in [-0.15, -0.1) is 0 Å². The molecule has 24 heavy (non-hydrogen) atoms. The summed E-state index contributed by atoms with van der Waals surface area (Å²) in [5, 5.41) is 6.81. The Kier molecular flexibility index (Phi) is 4.37. The summed E-state index contributed by atoms with van der Waals surface area (Å²) < 4.78 is 27.8. The minimum atomic E-state index is -1.06. The number of carbonyl (C=O) groups is 1. The Hall–Kier alpha value is -3.02. The predicted molar refractivity (Wildman–Crippen MR) is 86.8 cm³/mol. The molecule has 3 rings (SSSR count). The number of rotatable bonds is 4. The van der Waals surface area contributed by atoms with Gasteiger partial charge in [0.2, 0.25) is 0 Å². The number of aromatic nitrogens is 2. The molecule has 0 aliphatic heterocycles. The third-order valence-corrected chi connectivity index (χ3v) is 3.53.